The average Bonchev–Trinajstić information content (AvgIpc) is 3.08. The first-order valence-corrected chi connectivity index (χ1v) is 6.75. The summed E-state index contributed by atoms with van der Waals surface area (Å²) < 4.78 is 24.8. The molecule has 0 atom stereocenters. The molecule has 7 heteroatoms. The molecule has 6 nitrogen and oxygen atoms in total. The first-order chi connectivity index (χ1) is 8.18. The van der Waals surface area contributed by atoms with E-state index in [1.807, 2.05) is 0 Å². The molecule has 0 spiro atoms. The second-order valence-electron chi connectivity index (χ2n) is 3.92. The Morgan fingerprint density at radius 2 is 1.94 bits per heavy atom. The zero-order chi connectivity index (χ0) is 11.9. The van der Waals surface area contributed by atoms with Gasteiger partial charge in [0, 0.05) is 12.4 Å². The molecule has 2 aromatic rings. The quantitative estimate of drug-likeness (QED) is 0.800. The topological polar surface area (TPSA) is 77.7 Å². The van der Waals surface area contributed by atoms with Crippen LogP contribution in [0, 0.1) is 0 Å². The van der Waals surface area contributed by atoms with Gasteiger partial charge in [-0.2, -0.15) is 9.19 Å². The molecule has 0 aromatic carbocycles. The fraction of sp³-hybridized carbons (Fsp3) is 0.300. The van der Waals surface area contributed by atoms with Gasteiger partial charge in [0.15, 0.2) is 5.82 Å². The van der Waals surface area contributed by atoms with Crippen molar-refractivity contribution >= 4 is 10.0 Å². The van der Waals surface area contributed by atoms with Crippen molar-refractivity contribution < 1.29 is 8.42 Å². The number of aromatic nitrogens is 4. The normalized spacial score (nSPS) is 16.0. The summed E-state index contributed by atoms with van der Waals surface area (Å²) >= 11 is 0. The molecule has 0 N–H and O–H groups in total. The third-order valence-corrected chi connectivity index (χ3v) is 4.63. The standard InChI is InChI=1S/C10H10N4O2S/c15-17(16,9-2-3-9)14-7-8(6-13-14)10-11-4-1-5-12-10/h1,4-7,9H,2-3H2. The van der Waals surface area contributed by atoms with Crippen molar-refractivity contribution in [2.24, 2.45) is 0 Å². The van der Waals surface area contributed by atoms with Gasteiger partial charge in [0.25, 0.3) is 10.0 Å². The molecular weight excluding hydrogens is 240 g/mol. The van der Waals surface area contributed by atoms with E-state index in [1.165, 1.54) is 12.4 Å². The Hall–Kier alpha value is -1.76. The van der Waals surface area contributed by atoms with E-state index in [-0.39, 0.29) is 5.25 Å². The van der Waals surface area contributed by atoms with Gasteiger partial charge in [-0.3, -0.25) is 0 Å². The van der Waals surface area contributed by atoms with E-state index in [1.54, 1.807) is 18.5 Å². The van der Waals surface area contributed by atoms with Gasteiger partial charge < -0.3 is 0 Å². The van der Waals surface area contributed by atoms with E-state index in [0.29, 0.717) is 11.4 Å². The van der Waals surface area contributed by atoms with Crippen molar-refractivity contribution in [3.8, 4) is 11.4 Å². The summed E-state index contributed by atoms with van der Waals surface area (Å²) in [4.78, 5) is 8.09. The first kappa shape index (κ1) is 10.4. The van der Waals surface area contributed by atoms with Gasteiger partial charge in [-0.15, -0.1) is 0 Å². The molecule has 0 saturated heterocycles. The first-order valence-electron chi connectivity index (χ1n) is 5.24. The number of nitrogens with zero attached hydrogens (tertiary/aromatic N) is 4. The maximum Gasteiger partial charge on any atom is 0.256 e. The lowest BCUT2D eigenvalue weighted by atomic mass is 10.3. The second-order valence-corrected chi connectivity index (χ2v) is 5.99. The van der Waals surface area contributed by atoms with Gasteiger partial charge in [-0.25, -0.2) is 18.4 Å². The Morgan fingerprint density at radius 1 is 1.24 bits per heavy atom. The summed E-state index contributed by atoms with van der Waals surface area (Å²) in [6.07, 6.45) is 7.58. The molecule has 0 radical (unpaired) electrons. The van der Waals surface area contributed by atoms with Crippen molar-refractivity contribution in [2.45, 2.75) is 18.1 Å². The van der Waals surface area contributed by atoms with Crippen LogP contribution in [0.1, 0.15) is 12.8 Å². The van der Waals surface area contributed by atoms with Crippen LogP contribution < -0.4 is 0 Å². The highest BCUT2D eigenvalue weighted by atomic mass is 32.2. The predicted octanol–water partition coefficient (Wildman–Crippen LogP) is 0.680. The lowest BCUT2D eigenvalue weighted by molar-refractivity contribution is 0.578. The van der Waals surface area contributed by atoms with E-state index < -0.39 is 10.0 Å². The van der Waals surface area contributed by atoms with Crippen LogP contribution in [0.3, 0.4) is 0 Å². The van der Waals surface area contributed by atoms with E-state index in [4.69, 9.17) is 0 Å². The summed E-state index contributed by atoms with van der Waals surface area (Å²) in [5.41, 5.74) is 0.606. The summed E-state index contributed by atoms with van der Waals surface area (Å²) in [5.74, 6) is 0.477. The zero-order valence-electron chi connectivity index (χ0n) is 8.89. The van der Waals surface area contributed by atoms with Gasteiger partial charge >= 0.3 is 0 Å². The van der Waals surface area contributed by atoms with Gasteiger partial charge in [0.2, 0.25) is 0 Å². The Balaban J connectivity index is 1.99. The van der Waals surface area contributed by atoms with Crippen LogP contribution in [0.15, 0.2) is 30.9 Å². The van der Waals surface area contributed by atoms with Crippen LogP contribution in [0.5, 0.6) is 0 Å². The third-order valence-electron chi connectivity index (χ3n) is 2.59. The third kappa shape index (κ3) is 1.82. The molecule has 1 fully saturated rings. The van der Waals surface area contributed by atoms with Crippen molar-refractivity contribution in [1.82, 2.24) is 19.2 Å². The minimum Gasteiger partial charge on any atom is -0.236 e. The van der Waals surface area contributed by atoms with E-state index in [0.717, 1.165) is 16.9 Å². The van der Waals surface area contributed by atoms with Crippen LogP contribution in [0.2, 0.25) is 0 Å². The largest absolute Gasteiger partial charge is 0.256 e. The van der Waals surface area contributed by atoms with Gasteiger partial charge in [0.1, 0.15) is 0 Å². The molecule has 2 heterocycles. The minimum absolute atomic E-state index is 0.271. The predicted molar refractivity (Wildman–Crippen MR) is 60.6 cm³/mol. The highest BCUT2D eigenvalue weighted by Crippen LogP contribution is 2.30. The van der Waals surface area contributed by atoms with Crippen LogP contribution in [-0.2, 0) is 10.0 Å². The molecule has 2 aromatic heterocycles. The smallest absolute Gasteiger partial charge is 0.236 e. The molecule has 1 aliphatic rings. The molecule has 17 heavy (non-hydrogen) atoms. The summed E-state index contributed by atoms with van der Waals surface area (Å²) in [6, 6.07) is 1.70. The Labute approximate surface area is 98.4 Å². The number of hydrogen-bond acceptors (Lipinski definition) is 5. The molecule has 0 bridgehead atoms. The monoisotopic (exact) mass is 250 g/mol. The minimum atomic E-state index is -3.30. The highest BCUT2D eigenvalue weighted by Gasteiger charge is 2.37. The highest BCUT2D eigenvalue weighted by molar-refractivity contribution is 7.90. The average molecular weight is 250 g/mol. The fourth-order valence-electron chi connectivity index (χ4n) is 1.53. The fourth-order valence-corrected chi connectivity index (χ4v) is 3.00. The molecule has 88 valence electrons. The maximum atomic E-state index is 11.9. The summed E-state index contributed by atoms with van der Waals surface area (Å²) in [5, 5.41) is 3.60. The van der Waals surface area contributed by atoms with Crippen molar-refractivity contribution in [1.29, 1.82) is 0 Å². The van der Waals surface area contributed by atoms with Crippen LogP contribution in [0.25, 0.3) is 11.4 Å². The Kier molecular flexibility index (Phi) is 2.22. The van der Waals surface area contributed by atoms with E-state index >= 15 is 0 Å². The second kappa shape index (κ2) is 3.63. The van der Waals surface area contributed by atoms with Gasteiger partial charge in [0.05, 0.1) is 23.2 Å². The molecular formula is C10H10N4O2S. The molecule has 0 aliphatic heterocycles. The lowest BCUT2D eigenvalue weighted by Crippen LogP contribution is -2.17. The van der Waals surface area contributed by atoms with Crippen molar-refractivity contribution in [3.05, 3.63) is 30.9 Å². The van der Waals surface area contributed by atoms with E-state index in [2.05, 4.69) is 15.1 Å². The van der Waals surface area contributed by atoms with Crippen molar-refractivity contribution in [2.75, 3.05) is 0 Å². The summed E-state index contributed by atoms with van der Waals surface area (Å²) in [6.45, 7) is 0. The van der Waals surface area contributed by atoms with Gasteiger partial charge in [-0.1, -0.05) is 0 Å². The Morgan fingerprint density at radius 3 is 2.59 bits per heavy atom. The maximum absolute atomic E-state index is 11.9. The Bertz CT molecular complexity index is 631. The number of rotatable bonds is 3. The number of hydrogen-bond donors (Lipinski definition) is 0. The molecule has 0 amide bonds. The van der Waals surface area contributed by atoms with Crippen LogP contribution >= 0.6 is 0 Å². The van der Waals surface area contributed by atoms with Gasteiger partial charge in [-0.05, 0) is 18.9 Å². The lowest BCUT2D eigenvalue weighted by Gasteiger charge is -2.00. The molecule has 0 unspecified atom stereocenters. The summed E-state index contributed by atoms with van der Waals surface area (Å²) in [7, 11) is -3.30. The van der Waals surface area contributed by atoms with Crippen LogP contribution in [-0.4, -0.2) is 32.8 Å². The SMILES string of the molecule is O=S(=O)(C1CC1)n1cc(-c2ncccn2)cn1. The zero-order valence-corrected chi connectivity index (χ0v) is 9.71. The molecule has 1 aliphatic carbocycles. The molecule has 3 rings (SSSR count). The van der Waals surface area contributed by atoms with Crippen molar-refractivity contribution in [3.63, 3.8) is 0 Å². The van der Waals surface area contributed by atoms with E-state index in [9.17, 15) is 8.42 Å². The van der Waals surface area contributed by atoms with Crippen LogP contribution in [0.4, 0.5) is 0 Å². The molecule has 1 saturated carbocycles.